The molecule has 0 aromatic rings. The van der Waals surface area contributed by atoms with Crippen LogP contribution in [-0.2, 0) is 14.3 Å². The molecule has 0 rings (SSSR count). The first-order chi connectivity index (χ1) is 30.0. The van der Waals surface area contributed by atoms with Crippen molar-refractivity contribution in [2.45, 2.75) is 315 Å². The van der Waals surface area contributed by atoms with E-state index in [1.807, 2.05) is 0 Å². The summed E-state index contributed by atoms with van der Waals surface area (Å²) in [6.07, 6.45) is 59.0. The average molecular weight is 862 g/mol. The highest BCUT2D eigenvalue weighted by Crippen LogP contribution is 2.17. The van der Waals surface area contributed by atoms with Crippen molar-refractivity contribution in [1.29, 1.82) is 0 Å². The first-order valence-electron chi connectivity index (χ1n) is 27.4. The fourth-order valence-electron chi connectivity index (χ4n) is 8.58. The minimum absolute atomic E-state index is 0.0116. The minimum Gasteiger partial charge on any atom is -0.466 e. The Morgan fingerprint density at radius 2 is 0.770 bits per heavy atom. The number of carbonyl (C=O) groups is 2. The van der Waals surface area contributed by atoms with Crippen molar-refractivity contribution in [3.63, 3.8) is 0 Å². The van der Waals surface area contributed by atoms with E-state index < -0.39 is 12.1 Å². The standard InChI is InChI=1S/C55H107NO5/c1-3-5-7-9-11-13-15-17-18-19-20-21-24-27-31-35-39-43-47-53(58)52(51-57)56-54(59)48-44-40-36-32-28-25-22-23-26-30-34-38-42-46-50-61-55(60)49-45-41-37-33-29-16-14-12-10-8-6-4-2/h12,14,52-53,57-58H,3-11,13,15-51H2,1-2H3,(H,56,59)/b14-12-. The van der Waals surface area contributed by atoms with Crippen molar-refractivity contribution >= 4 is 11.9 Å². The quantitative estimate of drug-likeness (QED) is 0.0322. The molecule has 61 heavy (non-hydrogen) atoms. The van der Waals surface area contributed by atoms with Crippen LogP contribution in [0.5, 0.6) is 0 Å². The zero-order chi connectivity index (χ0) is 44.4. The second-order valence-corrected chi connectivity index (χ2v) is 18.9. The van der Waals surface area contributed by atoms with Crippen molar-refractivity contribution in [3.8, 4) is 0 Å². The van der Waals surface area contributed by atoms with Gasteiger partial charge in [-0.3, -0.25) is 9.59 Å². The third-order valence-corrected chi connectivity index (χ3v) is 12.8. The fourth-order valence-corrected chi connectivity index (χ4v) is 8.58. The first-order valence-corrected chi connectivity index (χ1v) is 27.4. The Morgan fingerprint density at radius 3 is 1.20 bits per heavy atom. The molecule has 0 radical (unpaired) electrons. The topological polar surface area (TPSA) is 95.9 Å². The van der Waals surface area contributed by atoms with Crippen LogP contribution in [0.25, 0.3) is 0 Å². The van der Waals surface area contributed by atoms with Gasteiger partial charge < -0.3 is 20.3 Å². The van der Waals surface area contributed by atoms with Gasteiger partial charge in [0.25, 0.3) is 0 Å². The van der Waals surface area contributed by atoms with Gasteiger partial charge in [0.05, 0.1) is 25.4 Å². The summed E-state index contributed by atoms with van der Waals surface area (Å²) in [6, 6.07) is -0.549. The van der Waals surface area contributed by atoms with E-state index in [1.54, 1.807) is 0 Å². The molecule has 1 amide bonds. The summed E-state index contributed by atoms with van der Waals surface area (Å²) in [5.74, 6) is -0.0550. The molecule has 0 bridgehead atoms. The van der Waals surface area contributed by atoms with Crippen LogP contribution in [0.2, 0.25) is 0 Å². The van der Waals surface area contributed by atoms with Gasteiger partial charge >= 0.3 is 5.97 Å². The number of rotatable bonds is 51. The molecule has 3 N–H and O–H groups in total. The molecule has 6 nitrogen and oxygen atoms in total. The van der Waals surface area contributed by atoms with Gasteiger partial charge in [-0.1, -0.05) is 251 Å². The van der Waals surface area contributed by atoms with Gasteiger partial charge in [-0.15, -0.1) is 0 Å². The summed E-state index contributed by atoms with van der Waals surface area (Å²) in [7, 11) is 0. The van der Waals surface area contributed by atoms with Gasteiger partial charge in [0.1, 0.15) is 0 Å². The molecule has 0 fully saturated rings. The summed E-state index contributed by atoms with van der Waals surface area (Å²) in [6.45, 7) is 4.92. The molecule has 0 saturated carbocycles. The number of ether oxygens (including phenoxy) is 1. The number of carbonyl (C=O) groups excluding carboxylic acids is 2. The monoisotopic (exact) mass is 862 g/mol. The number of amides is 1. The van der Waals surface area contributed by atoms with Crippen LogP contribution in [0.15, 0.2) is 12.2 Å². The third-order valence-electron chi connectivity index (χ3n) is 12.8. The van der Waals surface area contributed by atoms with Crippen LogP contribution in [0.1, 0.15) is 303 Å². The lowest BCUT2D eigenvalue weighted by atomic mass is 10.0. The van der Waals surface area contributed by atoms with Crippen molar-refractivity contribution in [3.05, 3.63) is 12.2 Å². The Bertz CT molecular complexity index is 909. The zero-order valence-electron chi connectivity index (χ0n) is 41.2. The van der Waals surface area contributed by atoms with Gasteiger partial charge in [-0.05, 0) is 51.4 Å². The van der Waals surface area contributed by atoms with E-state index >= 15 is 0 Å². The second kappa shape index (κ2) is 51.2. The lowest BCUT2D eigenvalue weighted by molar-refractivity contribution is -0.143. The van der Waals surface area contributed by atoms with Gasteiger partial charge in [0, 0.05) is 12.8 Å². The normalized spacial score (nSPS) is 12.7. The zero-order valence-corrected chi connectivity index (χ0v) is 41.2. The molecule has 0 aromatic carbocycles. The van der Waals surface area contributed by atoms with Crippen molar-refractivity contribution in [1.82, 2.24) is 5.32 Å². The Labute approximate surface area is 380 Å². The van der Waals surface area contributed by atoms with Crippen LogP contribution in [0.3, 0.4) is 0 Å². The molecule has 0 spiro atoms. The molecule has 362 valence electrons. The van der Waals surface area contributed by atoms with Crippen molar-refractivity contribution < 1.29 is 24.5 Å². The van der Waals surface area contributed by atoms with Crippen LogP contribution in [0, 0.1) is 0 Å². The molecule has 0 saturated heterocycles. The number of esters is 1. The lowest BCUT2D eigenvalue weighted by Gasteiger charge is -2.22. The van der Waals surface area contributed by atoms with E-state index in [4.69, 9.17) is 4.74 Å². The molecule has 0 heterocycles. The Balaban J connectivity index is 3.45. The number of unbranched alkanes of at least 4 members (excludes halogenated alkanes) is 38. The number of allylic oxidation sites excluding steroid dienone is 2. The molecular formula is C55H107NO5. The van der Waals surface area contributed by atoms with Gasteiger partial charge in [-0.2, -0.15) is 0 Å². The van der Waals surface area contributed by atoms with E-state index in [0.717, 1.165) is 51.4 Å². The largest absolute Gasteiger partial charge is 0.466 e. The van der Waals surface area contributed by atoms with E-state index in [0.29, 0.717) is 25.9 Å². The summed E-state index contributed by atoms with van der Waals surface area (Å²) in [4.78, 5) is 24.5. The number of nitrogens with one attached hydrogen (secondary N) is 1. The van der Waals surface area contributed by atoms with E-state index in [1.165, 1.54) is 218 Å². The molecule has 2 unspecified atom stereocenters. The maximum Gasteiger partial charge on any atom is 0.305 e. The number of aliphatic hydroxyl groups is 2. The predicted molar refractivity (Wildman–Crippen MR) is 264 cm³/mol. The average Bonchev–Trinajstić information content (AvgIpc) is 3.26. The predicted octanol–water partition coefficient (Wildman–Crippen LogP) is 16.5. The molecule has 0 aliphatic carbocycles. The van der Waals surface area contributed by atoms with Gasteiger partial charge in [-0.25, -0.2) is 0 Å². The number of hydrogen-bond donors (Lipinski definition) is 3. The van der Waals surface area contributed by atoms with E-state index in [2.05, 4.69) is 31.3 Å². The third kappa shape index (κ3) is 47.9. The molecule has 6 heteroatoms. The number of hydrogen-bond acceptors (Lipinski definition) is 5. The summed E-state index contributed by atoms with van der Waals surface area (Å²) in [5.41, 5.74) is 0. The fraction of sp³-hybridized carbons (Fsp3) is 0.927. The molecule has 2 atom stereocenters. The molecular weight excluding hydrogens is 755 g/mol. The van der Waals surface area contributed by atoms with Gasteiger partial charge in [0.2, 0.25) is 5.91 Å². The maximum atomic E-state index is 12.5. The summed E-state index contributed by atoms with van der Waals surface area (Å²) < 4.78 is 5.45. The minimum atomic E-state index is -0.671. The molecule has 0 aliphatic heterocycles. The number of aliphatic hydroxyl groups excluding tert-OH is 2. The van der Waals surface area contributed by atoms with Gasteiger partial charge in [0.15, 0.2) is 0 Å². The summed E-state index contributed by atoms with van der Waals surface area (Å²) >= 11 is 0. The Hall–Kier alpha value is -1.40. The van der Waals surface area contributed by atoms with E-state index in [9.17, 15) is 19.8 Å². The smallest absolute Gasteiger partial charge is 0.305 e. The van der Waals surface area contributed by atoms with E-state index in [-0.39, 0.29) is 18.5 Å². The highest BCUT2D eigenvalue weighted by Gasteiger charge is 2.20. The molecule has 0 aliphatic rings. The highest BCUT2D eigenvalue weighted by molar-refractivity contribution is 5.76. The van der Waals surface area contributed by atoms with Crippen LogP contribution in [-0.4, -0.2) is 47.4 Å². The molecule has 0 aromatic heterocycles. The van der Waals surface area contributed by atoms with Crippen LogP contribution in [0.4, 0.5) is 0 Å². The highest BCUT2D eigenvalue weighted by atomic mass is 16.5. The first kappa shape index (κ1) is 59.6. The van der Waals surface area contributed by atoms with Crippen molar-refractivity contribution in [2.75, 3.05) is 13.2 Å². The lowest BCUT2D eigenvalue weighted by Crippen LogP contribution is -2.45. The van der Waals surface area contributed by atoms with Crippen molar-refractivity contribution in [2.24, 2.45) is 0 Å². The Kier molecular flexibility index (Phi) is 50.1. The maximum absolute atomic E-state index is 12.5. The second-order valence-electron chi connectivity index (χ2n) is 18.9. The SMILES string of the molecule is CCCCC/C=C\CCCCCCCC(=O)OCCCCCCCCCCCCCCCCC(=O)NC(CO)C(O)CCCCCCCCCCCCCCCCCCCC. The van der Waals surface area contributed by atoms with Crippen LogP contribution >= 0.6 is 0 Å². The Morgan fingerprint density at radius 1 is 0.443 bits per heavy atom. The summed E-state index contributed by atoms with van der Waals surface area (Å²) in [5, 5.41) is 23.3. The van der Waals surface area contributed by atoms with Crippen LogP contribution < -0.4 is 5.32 Å².